The van der Waals surface area contributed by atoms with Crippen molar-refractivity contribution in [2.45, 2.75) is 64.4 Å². The molecule has 1 saturated heterocycles. The summed E-state index contributed by atoms with van der Waals surface area (Å²) in [5, 5.41) is 9.87. The summed E-state index contributed by atoms with van der Waals surface area (Å²) in [6.07, 6.45) is 9.74. The molecule has 2 nitrogen and oxygen atoms in total. The molecule has 0 aromatic carbocycles. The lowest BCUT2D eigenvalue weighted by Crippen LogP contribution is -2.20. The van der Waals surface area contributed by atoms with Crippen molar-refractivity contribution in [2.24, 2.45) is 5.92 Å². The van der Waals surface area contributed by atoms with Gasteiger partial charge in [0.25, 0.3) is 0 Å². The van der Waals surface area contributed by atoms with Gasteiger partial charge in [0.05, 0.1) is 12.7 Å². The first-order chi connectivity index (χ1) is 7.34. The van der Waals surface area contributed by atoms with Crippen molar-refractivity contribution in [1.29, 1.82) is 0 Å². The van der Waals surface area contributed by atoms with E-state index in [0.717, 1.165) is 26.1 Å². The first kappa shape index (κ1) is 13.0. The van der Waals surface area contributed by atoms with Crippen LogP contribution in [-0.2, 0) is 4.74 Å². The molecule has 2 unspecified atom stereocenters. The summed E-state index contributed by atoms with van der Waals surface area (Å²) in [5.74, 6) is 0.417. The van der Waals surface area contributed by atoms with Crippen molar-refractivity contribution in [3.05, 3.63) is 0 Å². The van der Waals surface area contributed by atoms with Crippen LogP contribution in [0.15, 0.2) is 0 Å². The molecule has 15 heavy (non-hydrogen) atoms. The second kappa shape index (κ2) is 8.12. The molecule has 2 atom stereocenters. The van der Waals surface area contributed by atoms with Crippen molar-refractivity contribution < 1.29 is 9.84 Å². The highest BCUT2D eigenvalue weighted by Gasteiger charge is 2.23. The van der Waals surface area contributed by atoms with Crippen molar-refractivity contribution in [3.8, 4) is 0 Å². The van der Waals surface area contributed by atoms with Crippen LogP contribution in [-0.4, -0.2) is 24.4 Å². The minimum Gasteiger partial charge on any atom is -0.393 e. The maximum atomic E-state index is 9.87. The van der Waals surface area contributed by atoms with E-state index in [-0.39, 0.29) is 6.10 Å². The Kier molecular flexibility index (Phi) is 7.03. The van der Waals surface area contributed by atoms with Crippen LogP contribution >= 0.6 is 0 Å². The second-order valence-corrected chi connectivity index (χ2v) is 4.75. The molecule has 1 fully saturated rings. The molecule has 1 heterocycles. The summed E-state index contributed by atoms with van der Waals surface area (Å²) < 4.78 is 5.28. The van der Waals surface area contributed by atoms with E-state index in [1.807, 2.05) is 0 Å². The molecular formula is C13H26O2. The third kappa shape index (κ3) is 5.53. The van der Waals surface area contributed by atoms with Crippen molar-refractivity contribution >= 4 is 0 Å². The monoisotopic (exact) mass is 214 g/mol. The van der Waals surface area contributed by atoms with Crippen molar-refractivity contribution in [1.82, 2.24) is 0 Å². The predicted molar refractivity (Wildman–Crippen MR) is 62.9 cm³/mol. The van der Waals surface area contributed by atoms with Crippen molar-refractivity contribution in [2.75, 3.05) is 13.2 Å². The number of unbranched alkanes of at least 4 members (excludes halogenated alkanes) is 5. The third-order valence-corrected chi connectivity index (χ3v) is 3.36. The van der Waals surface area contributed by atoms with Crippen LogP contribution in [0.5, 0.6) is 0 Å². The Balaban J connectivity index is 1.90. The fraction of sp³-hybridized carbons (Fsp3) is 1.00. The van der Waals surface area contributed by atoms with E-state index in [1.165, 1.54) is 38.5 Å². The van der Waals surface area contributed by atoms with Crippen LogP contribution in [0.3, 0.4) is 0 Å². The van der Waals surface area contributed by atoms with Crippen LogP contribution in [0.25, 0.3) is 0 Å². The van der Waals surface area contributed by atoms with Crippen molar-refractivity contribution in [3.63, 3.8) is 0 Å². The van der Waals surface area contributed by atoms with Gasteiger partial charge < -0.3 is 9.84 Å². The molecule has 0 bridgehead atoms. The van der Waals surface area contributed by atoms with Gasteiger partial charge in [0.1, 0.15) is 0 Å². The Hall–Kier alpha value is -0.0800. The Morgan fingerprint density at radius 1 is 1.20 bits per heavy atom. The van der Waals surface area contributed by atoms with Gasteiger partial charge in [-0.25, -0.2) is 0 Å². The Morgan fingerprint density at radius 3 is 2.60 bits per heavy atom. The molecule has 0 spiro atoms. The summed E-state index contributed by atoms with van der Waals surface area (Å²) in [6, 6.07) is 0. The number of aliphatic hydroxyl groups is 1. The zero-order valence-corrected chi connectivity index (χ0v) is 10.1. The van der Waals surface area contributed by atoms with Gasteiger partial charge in [0.2, 0.25) is 0 Å². The van der Waals surface area contributed by atoms with Crippen LogP contribution in [0.2, 0.25) is 0 Å². The molecule has 90 valence electrons. The predicted octanol–water partition coefficient (Wildman–Crippen LogP) is 3.13. The molecule has 0 saturated carbocycles. The fourth-order valence-electron chi connectivity index (χ4n) is 2.23. The van der Waals surface area contributed by atoms with Crippen LogP contribution < -0.4 is 0 Å². The van der Waals surface area contributed by atoms with Gasteiger partial charge in [0, 0.05) is 12.5 Å². The second-order valence-electron chi connectivity index (χ2n) is 4.75. The first-order valence-corrected chi connectivity index (χ1v) is 6.60. The molecule has 1 aliphatic heterocycles. The molecule has 0 aliphatic carbocycles. The van der Waals surface area contributed by atoms with Crippen LogP contribution in [0.4, 0.5) is 0 Å². The van der Waals surface area contributed by atoms with Gasteiger partial charge in [-0.3, -0.25) is 0 Å². The lowest BCUT2D eigenvalue weighted by Gasteiger charge is -2.15. The summed E-state index contributed by atoms with van der Waals surface area (Å²) in [6.45, 7) is 3.86. The van der Waals surface area contributed by atoms with Gasteiger partial charge >= 0.3 is 0 Å². The largest absolute Gasteiger partial charge is 0.393 e. The Bertz CT molecular complexity index is 141. The molecule has 1 rings (SSSR count). The molecule has 2 heteroatoms. The van der Waals surface area contributed by atoms with E-state index in [9.17, 15) is 5.11 Å². The Labute approximate surface area is 94.0 Å². The molecule has 1 aliphatic rings. The summed E-state index contributed by atoms with van der Waals surface area (Å²) >= 11 is 0. The highest BCUT2D eigenvalue weighted by Crippen LogP contribution is 2.20. The van der Waals surface area contributed by atoms with Gasteiger partial charge in [-0.2, -0.15) is 0 Å². The van der Waals surface area contributed by atoms with Crippen LogP contribution in [0, 0.1) is 5.92 Å². The fourth-order valence-corrected chi connectivity index (χ4v) is 2.23. The smallest absolute Gasteiger partial charge is 0.0591 e. The number of aliphatic hydroxyl groups excluding tert-OH is 1. The molecular weight excluding hydrogens is 188 g/mol. The summed E-state index contributed by atoms with van der Waals surface area (Å²) in [5.41, 5.74) is 0. The zero-order chi connectivity index (χ0) is 10.9. The molecule has 1 N–H and O–H groups in total. The average Bonchev–Trinajstić information content (AvgIpc) is 2.76. The average molecular weight is 214 g/mol. The number of hydrogen-bond donors (Lipinski definition) is 1. The number of rotatable bonds is 8. The maximum absolute atomic E-state index is 9.87. The zero-order valence-electron chi connectivity index (χ0n) is 10.1. The topological polar surface area (TPSA) is 29.5 Å². The standard InChI is InChI=1S/C13H26O2/c1-2-3-4-5-6-7-8-13(14)12-9-10-15-11-12/h12-14H,2-11H2,1H3. The highest BCUT2D eigenvalue weighted by molar-refractivity contribution is 4.72. The summed E-state index contributed by atoms with van der Waals surface area (Å²) in [4.78, 5) is 0. The van der Waals surface area contributed by atoms with Crippen LogP contribution in [0.1, 0.15) is 58.3 Å². The molecule has 0 aromatic heterocycles. The minimum atomic E-state index is -0.112. The Morgan fingerprint density at radius 2 is 1.93 bits per heavy atom. The van der Waals surface area contributed by atoms with E-state index in [1.54, 1.807) is 0 Å². The number of hydrogen-bond acceptors (Lipinski definition) is 2. The maximum Gasteiger partial charge on any atom is 0.0591 e. The lowest BCUT2D eigenvalue weighted by molar-refractivity contribution is 0.0825. The molecule has 0 aromatic rings. The lowest BCUT2D eigenvalue weighted by atomic mass is 9.96. The van der Waals surface area contributed by atoms with E-state index in [2.05, 4.69) is 6.92 Å². The minimum absolute atomic E-state index is 0.112. The molecule has 0 amide bonds. The normalized spacial score (nSPS) is 23.2. The van der Waals surface area contributed by atoms with Gasteiger partial charge in [-0.15, -0.1) is 0 Å². The third-order valence-electron chi connectivity index (χ3n) is 3.36. The first-order valence-electron chi connectivity index (χ1n) is 6.60. The van der Waals surface area contributed by atoms with Gasteiger partial charge in [-0.05, 0) is 12.8 Å². The van der Waals surface area contributed by atoms with Gasteiger partial charge in [-0.1, -0.05) is 45.4 Å². The quantitative estimate of drug-likeness (QED) is 0.629. The van der Waals surface area contributed by atoms with E-state index in [4.69, 9.17) is 4.74 Å². The summed E-state index contributed by atoms with van der Waals surface area (Å²) in [7, 11) is 0. The molecule has 0 radical (unpaired) electrons. The SMILES string of the molecule is CCCCCCCCC(O)C1CCOC1. The van der Waals surface area contributed by atoms with E-state index >= 15 is 0 Å². The van der Waals surface area contributed by atoms with E-state index in [0.29, 0.717) is 5.92 Å². The van der Waals surface area contributed by atoms with E-state index < -0.39 is 0 Å². The van der Waals surface area contributed by atoms with Gasteiger partial charge in [0.15, 0.2) is 0 Å². The number of ether oxygens (including phenoxy) is 1. The highest BCUT2D eigenvalue weighted by atomic mass is 16.5.